The lowest BCUT2D eigenvalue weighted by Gasteiger charge is -2.39. The molecule has 2 heterocycles. The molecule has 2 aliphatic heterocycles. The first-order chi connectivity index (χ1) is 8.29. The molecule has 2 rings (SSSR count). The third kappa shape index (κ3) is 3.16. The van der Waals surface area contributed by atoms with Crippen LogP contribution in [0.1, 0.15) is 39.5 Å². The van der Waals surface area contributed by atoms with Crippen LogP contribution in [0.5, 0.6) is 0 Å². The van der Waals surface area contributed by atoms with E-state index in [1.165, 1.54) is 38.9 Å². The average Bonchev–Trinajstić information content (AvgIpc) is 2.71. The van der Waals surface area contributed by atoms with Gasteiger partial charge in [0.1, 0.15) is 0 Å². The fourth-order valence-corrected chi connectivity index (χ4v) is 3.81. The van der Waals surface area contributed by atoms with Gasteiger partial charge in [0.25, 0.3) is 0 Å². The van der Waals surface area contributed by atoms with Crippen LogP contribution in [0.25, 0.3) is 0 Å². The molecule has 0 unspecified atom stereocenters. The molecule has 2 saturated heterocycles. The van der Waals surface area contributed by atoms with Crippen LogP contribution in [0.2, 0.25) is 18.1 Å². The van der Waals surface area contributed by atoms with E-state index in [1.54, 1.807) is 0 Å². The fourth-order valence-electron chi connectivity index (χ4n) is 3.05. The molecule has 0 aromatic heterocycles. The zero-order valence-corrected chi connectivity index (χ0v) is 13.5. The molecule has 0 saturated carbocycles. The smallest absolute Gasteiger partial charge is 0.188 e. The van der Waals surface area contributed by atoms with Gasteiger partial charge < -0.3 is 10.1 Å². The van der Waals surface area contributed by atoms with E-state index in [-0.39, 0.29) is 5.04 Å². The molecule has 2 atom stereocenters. The summed E-state index contributed by atoms with van der Waals surface area (Å²) in [5.41, 5.74) is 0. The zero-order valence-electron chi connectivity index (χ0n) is 12.5. The van der Waals surface area contributed by atoms with Crippen LogP contribution in [-0.4, -0.2) is 49.7 Å². The van der Waals surface area contributed by atoms with Crippen molar-refractivity contribution < 1.29 is 4.80 Å². The topological polar surface area (TPSA) is 35.5 Å². The van der Waals surface area contributed by atoms with Gasteiger partial charge in [-0.05, 0) is 50.4 Å². The van der Waals surface area contributed by atoms with Crippen LogP contribution < -0.4 is 5.32 Å². The molecular formula is C14H30N2OSi. The lowest BCUT2D eigenvalue weighted by atomic mass is 9.99. The van der Waals surface area contributed by atoms with Crippen LogP contribution in [0.4, 0.5) is 0 Å². The predicted molar refractivity (Wildman–Crippen MR) is 79.4 cm³/mol. The molecule has 0 aromatic carbocycles. The number of nitrogens with zero attached hydrogens (tertiary/aromatic N) is 1. The Bertz CT molecular complexity index is 288. The van der Waals surface area contributed by atoms with Gasteiger partial charge in [-0.15, -0.1) is 0 Å². The van der Waals surface area contributed by atoms with Crippen LogP contribution in [-0.2, 0) is 0 Å². The maximum atomic E-state index is 10.3. The van der Waals surface area contributed by atoms with Crippen molar-refractivity contribution in [3.05, 3.63) is 0 Å². The molecule has 0 bridgehead atoms. The second-order valence-electron chi connectivity index (χ2n) is 7.38. The van der Waals surface area contributed by atoms with Gasteiger partial charge in [0.2, 0.25) is 0 Å². The Morgan fingerprint density at radius 3 is 2.78 bits per heavy atom. The van der Waals surface area contributed by atoms with Gasteiger partial charge in [0.05, 0.1) is 0 Å². The van der Waals surface area contributed by atoms with E-state index >= 15 is 0 Å². The average molecular weight is 270 g/mol. The minimum atomic E-state index is -2.04. The fraction of sp³-hybridized carbons (Fsp3) is 1.00. The van der Waals surface area contributed by atoms with E-state index in [0.717, 1.165) is 12.5 Å². The Balaban J connectivity index is 1.81. The Hall–Kier alpha value is 0.0969. The summed E-state index contributed by atoms with van der Waals surface area (Å²) in [7, 11) is -2.04. The first kappa shape index (κ1) is 14.5. The van der Waals surface area contributed by atoms with E-state index in [9.17, 15) is 4.80 Å². The Labute approximate surface area is 113 Å². The van der Waals surface area contributed by atoms with Crippen molar-refractivity contribution in [1.29, 1.82) is 0 Å². The third-order valence-corrected chi connectivity index (χ3v) is 8.93. The molecule has 4 heteroatoms. The number of nitrogens with one attached hydrogen (secondary N) is 1. The molecule has 106 valence electrons. The molecule has 2 N–H and O–H groups in total. The molecule has 3 nitrogen and oxygen atoms in total. The number of rotatable bonds is 4. The van der Waals surface area contributed by atoms with Crippen LogP contribution in [0.15, 0.2) is 0 Å². The van der Waals surface area contributed by atoms with E-state index < -0.39 is 8.32 Å². The Morgan fingerprint density at radius 2 is 2.11 bits per heavy atom. The van der Waals surface area contributed by atoms with E-state index in [1.807, 2.05) is 0 Å². The van der Waals surface area contributed by atoms with E-state index in [0.29, 0.717) is 6.04 Å². The highest BCUT2D eigenvalue weighted by Gasteiger charge is 2.39. The van der Waals surface area contributed by atoms with Crippen LogP contribution >= 0.6 is 0 Å². The lowest BCUT2D eigenvalue weighted by molar-refractivity contribution is 0.165. The summed E-state index contributed by atoms with van der Waals surface area (Å²) in [6, 6.07) is 1.44. The zero-order chi connectivity index (χ0) is 13.4. The first-order valence-electron chi connectivity index (χ1n) is 7.49. The highest BCUT2D eigenvalue weighted by atomic mass is 28.4. The van der Waals surface area contributed by atoms with E-state index in [2.05, 4.69) is 37.2 Å². The lowest BCUT2D eigenvalue weighted by Crippen LogP contribution is -2.54. The standard InChI is InChI=1S/C14H30N2OSi/c1-14(2,18(3,4)17)8-7-12-11-16-9-5-6-13(16)10-15-12/h12-13,15,17H,5-11H2,1-4H3/t12-,13+/m1/s1. The monoisotopic (exact) mass is 270 g/mol. The van der Waals surface area contributed by atoms with Gasteiger partial charge in [-0.25, -0.2) is 0 Å². The van der Waals surface area contributed by atoms with Gasteiger partial charge in [0, 0.05) is 25.2 Å². The number of fused-ring (bicyclic) bond motifs is 1. The summed E-state index contributed by atoms with van der Waals surface area (Å²) < 4.78 is 0. The highest BCUT2D eigenvalue weighted by molar-refractivity contribution is 6.72. The van der Waals surface area contributed by atoms with Crippen LogP contribution in [0.3, 0.4) is 0 Å². The third-order valence-electron chi connectivity index (χ3n) is 5.37. The SMILES string of the molecule is CC(C)(CC[C@@H]1CN2CCC[C@H]2CN1)[Si](C)(C)O. The van der Waals surface area contributed by atoms with Crippen molar-refractivity contribution in [2.24, 2.45) is 0 Å². The maximum Gasteiger partial charge on any atom is 0.188 e. The maximum absolute atomic E-state index is 10.3. The summed E-state index contributed by atoms with van der Waals surface area (Å²) >= 11 is 0. The Morgan fingerprint density at radius 1 is 1.39 bits per heavy atom. The van der Waals surface area contributed by atoms with Crippen molar-refractivity contribution in [2.45, 2.75) is 69.7 Å². The summed E-state index contributed by atoms with van der Waals surface area (Å²) in [5.74, 6) is 0. The van der Waals surface area contributed by atoms with Crippen molar-refractivity contribution in [3.8, 4) is 0 Å². The summed E-state index contributed by atoms with van der Waals surface area (Å²) in [5, 5.41) is 3.83. The van der Waals surface area contributed by atoms with Crippen LogP contribution in [0, 0.1) is 0 Å². The molecule has 0 spiro atoms. The largest absolute Gasteiger partial charge is 0.432 e. The van der Waals surface area contributed by atoms with Gasteiger partial charge in [0.15, 0.2) is 8.32 Å². The number of hydrogen-bond acceptors (Lipinski definition) is 3. The van der Waals surface area contributed by atoms with Crippen molar-refractivity contribution in [3.63, 3.8) is 0 Å². The first-order valence-corrected chi connectivity index (χ1v) is 10.4. The van der Waals surface area contributed by atoms with Crippen molar-refractivity contribution in [2.75, 3.05) is 19.6 Å². The summed E-state index contributed by atoms with van der Waals surface area (Å²) in [4.78, 5) is 13.0. The summed E-state index contributed by atoms with van der Waals surface area (Å²) in [6.07, 6.45) is 5.09. The predicted octanol–water partition coefficient (Wildman–Crippen LogP) is 2.18. The molecule has 18 heavy (non-hydrogen) atoms. The molecule has 0 aromatic rings. The van der Waals surface area contributed by atoms with Gasteiger partial charge in [-0.2, -0.15) is 0 Å². The van der Waals surface area contributed by atoms with Gasteiger partial charge >= 0.3 is 0 Å². The molecule has 2 fully saturated rings. The normalized spacial score (nSPS) is 30.5. The van der Waals surface area contributed by atoms with E-state index in [4.69, 9.17) is 0 Å². The van der Waals surface area contributed by atoms with Crippen molar-refractivity contribution in [1.82, 2.24) is 10.2 Å². The molecular weight excluding hydrogens is 240 g/mol. The second kappa shape index (κ2) is 5.23. The van der Waals surface area contributed by atoms with Gasteiger partial charge in [-0.3, -0.25) is 4.90 Å². The Kier molecular flexibility index (Phi) is 4.22. The molecule has 0 radical (unpaired) electrons. The molecule has 0 aliphatic carbocycles. The highest BCUT2D eigenvalue weighted by Crippen LogP contribution is 2.40. The molecule has 0 amide bonds. The quantitative estimate of drug-likeness (QED) is 0.769. The summed E-state index contributed by atoms with van der Waals surface area (Å²) in [6.45, 7) is 12.3. The van der Waals surface area contributed by atoms with Crippen molar-refractivity contribution >= 4 is 8.32 Å². The van der Waals surface area contributed by atoms with Gasteiger partial charge in [-0.1, -0.05) is 13.8 Å². The number of piperazine rings is 1. The molecule has 2 aliphatic rings. The minimum absolute atomic E-state index is 0.122. The second-order valence-corrected chi connectivity index (χ2v) is 11.8. The minimum Gasteiger partial charge on any atom is -0.432 e. The number of hydrogen-bond donors (Lipinski definition) is 2.